The van der Waals surface area contributed by atoms with Crippen molar-refractivity contribution >= 4 is 61.9 Å². The fraction of sp³-hybridized carbons (Fsp3) is 0.0448. The van der Waals surface area contributed by atoms with Gasteiger partial charge in [-0.2, -0.15) is 0 Å². The van der Waals surface area contributed by atoms with Crippen molar-refractivity contribution in [2.45, 2.75) is 19.3 Å². The van der Waals surface area contributed by atoms with Gasteiger partial charge in [-0.1, -0.05) is 190 Å². The van der Waals surface area contributed by atoms with Crippen LogP contribution in [0.4, 0.5) is 17.1 Å². The fourth-order valence-electron chi connectivity index (χ4n) is 11.2. The highest BCUT2D eigenvalue weighted by Crippen LogP contribution is 2.53. The Labute approximate surface area is 409 Å². The topological polar surface area (TPSA) is 13.1 Å². The molecule has 0 saturated heterocycles. The zero-order chi connectivity index (χ0) is 46.8. The van der Waals surface area contributed by atoms with E-state index in [9.17, 15) is 0 Å². The molecule has 10 aromatic carbocycles. The second-order valence-corrected chi connectivity index (χ2v) is 19.0. The number of hydrogen-bond acceptors (Lipinski definition) is 1. The molecule has 1 aliphatic carbocycles. The average molecular weight is 896 g/mol. The summed E-state index contributed by atoms with van der Waals surface area (Å²) in [5, 5.41) is 3.77. The molecule has 0 aliphatic heterocycles. The standard InChI is InChI=1S/C67H49N3/c1-67(2)60-43-47(32-31-46-33-36-52(37-34-46)68(50-23-11-5-12-24-50)51-25-13-6-14-26-51)35-42-55(60)58-44-59-64(45-61(58)67)70(66(49-21-9-4-10-22-49)65(59)48-19-7-3-8-20-48)54-40-38-53(39-41-54)69-62-29-17-15-27-56(62)57-28-16-18-30-63(57)69/h3-45H,1-2H3. The van der Waals surface area contributed by atoms with E-state index in [0.29, 0.717) is 0 Å². The molecule has 3 nitrogen and oxygen atoms in total. The number of nitrogens with zero attached hydrogens (tertiary/aromatic N) is 3. The van der Waals surface area contributed by atoms with Crippen molar-refractivity contribution in [1.82, 2.24) is 9.13 Å². The third-order valence-electron chi connectivity index (χ3n) is 14.5. The first-order chi connectivity index (χ1) is 34.5. The third-order valence-corrected chi connectivity index (χ3v) is 14.5. The predicted octanol–water partition coefficient (Wildman–Crippen LogP) is 18.0. The number of para-hydroxylation sites is 4. The first kappa shape index (κ1) is 41.3. The van der Waals surface area contributed by atoms with Crippen LogP contribution in [0.5, 0.6) is 0 Å². The summed E-state index contributed by atoms with van der Waals surface area (Å²) in [6.07, 6.45) is 4.49. The molecule has 0 fully saturated rings. The molecule has 0 saturated carbocycles. The van der Waals surface area contributed by atoms with Crippen LogP contribution in [0.15, 0.2) is 249 Å². The Morgan fingerprint density at radius 1 is 0.357 bits per heavy atom. The van der Waals surface area contributed by atoms with E-state index in [2.05, 4.69) is 289 Å². The molecular weight excluding hydrogens is 847 g/mol. The van der Waals surface area contributed by atoms with Crippen LogP contribution in [0.1, 0.15) is 36.1 Å². The molecule has 0 amide bonds. The predicted molar refractivity (Wildman–Crippen MR) is 296 cm³/mol. The second kappa shape index (κ2) is 16.7. The van der Waals surface area contributed by atoms with Crippen LogP contribution in [-0.4, -0.2) is 9.13 Å². The second-order valence-electron chi connectivity index (χ2n) is 19.0. The molecule has 332 valence electrons. The number of rotatable bonds is 9. The van der Waals surface area contributed by atoms with Crippen molar-refractivity contribution in [3.63, 3.8) is 0 Å². The van der Waals surface area contributed by atoms with E-state index in [1.165, 1.54) is 82.9 Å². The van der Waals surface area contributed by atoms with Gasteiger partial charge in [-0.05, 0) is 129 Å². The summed E-state index contributed by atoms with van der Waals surface area (Å²) in [6, 6.07) is 90.5. The number of aromatic nitrogens is 2. The van der Waals surface area contributed by atoms with Gasteiger partial charge in [0.2, 0.25) is 0 Å². The first-order valence-corrected chi connectivity index (χ1v) is 24.3. The fourth-order valence-corrected chi connectivity index (χ4v) is 11.2. The van der Waals surface area contributed by atoms with Gasteiger partial charge in [0, 0.05) is 55.6 Å². The lowest BCUT2D eigenvalue weighted by atomic mass is 9.81. The van der Waals surface area contributed by atoms with Crippen LogP contribution in [-0.2, 0) is 5.41 Å². The van der Waals surface area contributed by atoms with Gasteiger partial charge in [-0.3, -0.25) is 0 Å². The van der Waals surface area contributed by atoms with E-state index in [1.54, 1.807) is 0 Å². The average Bonchev–Trinajstić information content (AvgIpc) is 4.01. The molecule has 1 aliphatic rings. The highest BCUT2D eigenvalue weighted by Gasteiger charge is 2.37. The SMILES string of the molecule is CC1(C)c2cc(C=Cc3ccc(N(c4ccccc4)c4ccccc4)cc3)ccc2-c2cc3c(-c4ccccc4)c(-c4ccccc4)n(-c4ccc(-n5c6ccccc6c6ccccc65)cc4)c3cc21. The summed E-state index contributed by atoms with van der Waals surface area (Å²) in [5.41, 5.74) is 21.5. The van der Waals surface area contributed by atoms with Crippen molar-refractivity contribution in [3.05, 3.63) is 271 Å². The number of benzene rings is 10. The summed E-state index contributed by atoms with van der Waals surface area (Å²) in [6.45, 7) is 4.79. The molecule has 0 bridgehead atoms. The van der Waals surface area contributed by atoms with Crippen LogP contribution < -0.4 is 4.90 Å². The molecule has 0 spiro atoms. The van der Waals surface area contributed by atoms with Crippen molar-refractivity contribution < 1.29 is 0 Å². The van der Waals surface area contributed by atoms with Gasteiger partial charge in [-0.25, -0.2) is 0 Å². The summed E-state index contributed by atoms with van der Waals surface area (Å²) in [5.74, 6) is 0. The van der Waals surface area contributed by atoms with Gasteiger partial charge in [0.25, 0.3) is 0 Å². The van der Waals surface area contributed by atoms with E-state index >= 15 is 0 Å². The quantitative estimate of drug-likeness (QED) is 0.132. The van der Waals surface area contributed by atoms with Gasteiger partial charge in [0.1, 0.15) is 0 Å². The van der Waals surface area contributed by atoms with Crippen molar-refractivity contribution in [2.24, 2.45) is 0 Å². The maximum absolute atomic E-state index is 2.51. The molecule has 70 heavy (non-hydrogen) atoms. The Balaban J connectivity index is 0.912. The smallest absolute Gasteiger partial charge is 0.0619 e. The highest BCUT2D eigenvalue weighted by atomic mass is 15.1. The zero-order valence-electron chi connectivity index (χ0n) is 39.2. The Morgan fingerprint density at radius 3 is 1.43 bits per heavy atom. The molecule has 0 unspecified atom stereocenters. The van der Waals surface area contributed by atoms with Crippen molar-refractivity contribution in [3.8, 4) is 44.9 Å². The van der Waals surface area contributed by atoms with Gasteiger partial charge in [0.05, 0.1) is 22.2 Å². The monoisotopic (exact) mass is 895 g/mol. The Bertz CT molecular complexity index is 3820. The Kier molecular flexibility index (Phi) is 9.85. The normalized spacial score (nSPS) is 12.8. The lowest BCUT2D eigenvalue weighted by molar-refractivity contribution is 0.661. The van der Waals surface area contributed by atoms with E-state index in [-0.39, 0.29) is 5.41 Å². The molecule has 0 N–H and O–H groups in total. The summed E-state index contributed by atoms with van der Waals surface area (Å²) in [7, 11) is 0. The molecule has 2 aromatic heterocycles. The van der Waals surface area contributed by atoms with E-state index < -0.39 is 0 Å². The first-order valence-electron chi connectivity index (χ1n) is 24.3. The largest absolute Gasteiger partial charge is 0.311 e. The molecule has 0 radical (unpaired) electrons. The van der Waals surface area contributed by atoms with Crippen molar-refractivity contribution in [1.29, 1.82) is 0 Å². The van der Waals surface area contributed by atoms with Gasteiger partial charge >= 0.3 is 0 Å². The molecule has 12 aromatic rings. The molecule has 3 heteroatoms. The molecule has 13 rings (SSSR count). The van der Waals surface area contributed by atoms with Crippen molar-refractivity contribution in [2.75, 3.05) is 4.90 Å². The van der Waals surface area contributed by atoms with Crippen LogP contribution in [0.3, 0.4) is 0 Å². The summed E-state index contributed by atoms with van der Waals surface area (Å²) < 4.78 is 4.91. The van der Waals surface area contributed by atoms with Crippen LogP contribution >= 0.6 is 0 Å². The van der Waals surface area contributed by atoms with Crippen LogP contribution in [0.25, 0.3) is 89.7 Å². The molecule has 2 heterocycles. The summed E-state index contributed by atoms with van der Waals surface area (Å²) >= 11 is 0. The maximum Gasteiger partial charge on any atom is 0.0619 e. The third kappa shape index (κ3) is 6.81. The van der Waals surface area contributed by atoms with Crippen LogP contribution in [0.2, 0.25) is 0 Å². The van der Waals surface area contributed by atoms with Gasteiger partial charge < -0.3 is 14.0 Å². The molecular formula is C67H49N3. The highest BCUT2D eigenvalue weighted by molar-refractivity contribution is 6.10. The van der Waals surface area contributed by atoms with Gasteiger partial charge in [-0.15, -0.1) is 0 Å². The van der Waals surface area contributed by atoms with E-state index in [1.807, 2.05) is 0 Å². The number of anilines is 3. The Hall–Kier alpha value is -8.92. The minimum atomic E-state index is -0.238. The lowest BCUT2D eigenvalue weighted by Crippen LogP contribution is -2.15. The van der Waals surface area contributed by atoms with Gasteiger partial charge in [0.15, 0.2) is 0 Å². The van der Waals surface area contributed by atoms with E-state index in [0.717, 1.165) is 34.0 Å². The van der Waals surface area contributed by atoms with Crippen LogP contribution in [0, 0.1) is 0 Å². The zero-order valence-corrected chi connectivity index (χ0v) is 39.2. The minimum Gasteiger partial charge on any atom is -0.311 e. The summed E-state index contributed by atoms with van der Waals surface area (Å²) in [4.78, 5) is 2.30. The lowest BCUT2D eigenvalue weighted by Gasteiger charge is -2.25. The van der Waals surface area contributed by atoms with E-state index in [4.69, 9.17) is 0 Å². The maximum atomic E-state index is 2.51. The Morgan fingerprint density at radius 2 is 0.829 bits per heavy atom. The molecule has 0 atom stereocenters. The minimum absolute atomic E-state index is 0.238. The number of hydrogen-bond donors (Lipinski definition) is 0. The number of fused-ring (bicyclic) bond motifs is 7.